The fourth-order valence-corrected chi connectivity index (χ4v) is 4.56. The molecule has 0 radical (unpaired) electrons. The normalized spacial score (nSPS) is 25.3. The summed E-state index contributed by atoms with van der Waals surface area (Å²) in [7, 11) is -5.05. The highest BCUT2D eigenvalue weighted by molar-refractivity contribution is 7.92. The van der Waals surface area contributed by atoms with Crippen LogP contribution in [0.2, 0.25) is 0 Å². The van der Waals surface area contributed by atoms with Gasteiger partial charge in [-0.15, -0.1) is 0 Å². The standard InChI is InChI=1S/C13H21F3O4S/c1-2-10(9-21(17,18)13(14,15)16)11-3-5-12(6-4-11)19-7-8-20-12/h10-11H,2-9H2,1H3. The number of hydrogen-bond donors (Lipinski definition) is 0. The van der Waals surface area contributed by atoms with Crippen LogP contribution in [-0.4, -0.2) is 38.7 Å². The summed E-state index contributed by atoms with van der Waals surface area (Å²) in [6.07, 6.45) is 2.97. The van der Waals surface area contributed by atoms with Crippen molar-refractivity contribution in [2.24, 2.45) is 11.8 Å². The Hall–Kier alpha value is -0.340. The Balaban J connectivity index is 1.97. The van der Waals surface area contributed by atoms with Crippen molar-refractivity contribution in [1.82, 2.24) is 0 Å². The van der Waals surface area contributed by atoms with Crippen molar-refractivity contribution >= 4 is 9.84 Å². The molecule has 1 spiro atoms. The van der Waals surface area contributed by atoms with Gasteiger partial charge in [0.2, 0.25) is 9.84 Å². The second-order valence-corrected chi connectivity index (χ2v) is 7.87. The molecule has 1 saturated carbocycles. The molecule has 21 heavy (non-hydrogen) atoms. The summed E-state index contributed by atoms with van der Waals surface area (Å²) in [6, 6.07) is 0. The summed E-state index contributed by atoms with van der Waals surface area (Å²) in [5.41, 5.74) is -5.16. The van der Waals surface area contributed by atoms with E-state index in [-0.39, 0.29) is 5.92 Å². The van der Waals surface area contributed by atoms with Gasteiger partial charge in [-0.05, 0) is 24.7 Å². The predicted octanol–water partition coefficient (Wildman–Crippen LogP) is 2.88. The van der Waals surface area contributed by atoms with Crippen LogP contribution in [0.25, 0.3) is 0 Å². The first-order valence-corrected chi connectivity index (χ1v) is 8.91. The number of sulfone groups is 1. The molecule has 1 heterocycles. The topological polar surface area (TPSA) is 52.6 Å². The van der Waals surface area contributed by atoms with Crippen LogP contribution in [0.5, 0.6) is 0 Å². The molecule has 1 aliphatic heterocycles. The van der Waals surface area contributed by atoms with Crippen LogP contribution in [0, 0.1) is 11.8 Å². The van der Waals surface area contributed by atoms with E-state index in [0.717, 1.165) is 0 Å². The molecule has 0 bridgehead atoms. The average Bonchev–Trinajstić information content (AvgIpc) is 2.84. The third-order valence-electron chi connectivity index (χ3n) is 4.58. The molecule has 0 aromatic rings. The van der Waals surface area contributed by atoms with Crippen LogP contribution >= 0.6 is 0 Å². The zero-order valence-electron chi connectivity index (χ0n) is 12.0. The number of rotatable bonds is 4. The van der Waals surface area contributed by atoms with Crippen LogP contribution in [-0.2, 0) is 19.3 Å². The molecule has 2 aliphatic rings. The van der Waals surface area contributed by atoms with E-state index in [1.54, 1.807) is 6.92 Å². The van der Waals surface area contributed by atoms with Gasteiger partial charge in [0.15, 0.2) is 5.79 Å². The summed E-state index contributed by atoms with van der Waals surface area (Å²) in [5, 5.41) is 0. The minimum absolute atomic E-state index is 0.0226. The molecule has 0 amide bonds. The number of alkyl halides is 3. The van der Waals surface area contributed by atoms with Crippen molar-refractivity contribution in [2.75, 3.05) is 19.0 Å². The predicted molar refractivity (Wildman–Crippen MR) is 70.2 cm³/mol. The van der Waals surface area contributed by atoms with E-state index < -0.39 is 32.8 Å². The quantitative estimate of drug-likeness (QED) is 0.795. The van der Waals surface area contributed by atoms with Crippen molar-refractivity contribution in [3.05, 3.63) is 0 Å². The smallest absolute Gasteiger partial charge is 0.348 e. The van der Waals surface area contributed by atoms with Crippen molar-refractivity contribution in [3.8, 4) is 0 Å². The van der Waals surface area contributed by atoms with Gasteiger partial charge in [0.1, 0.15) is 0 Å². The van der Waals surface area contributed by atoms with Gasteiger partial charge in [-0.1, -0.05) is 13.3 Å². The van der Waals surface area contributed by atoms with Crippen molar-refractivity contribution in [3.63, 3.8) is 0 Å². The zero-order valence-corrected chi connectivity index (χ0v) is 12.8. The lowest BCUT2D eigenvalue weighted by Gasteiger charge is -2.38. The Labute approximate surface area is 122 Å². The first kappa shape index (κ1) is 17.0. The molecule has 124 valence electrons. The molecule has 4 nitrogen and oxygen atoms in total. The van der Waals surface area contributed by atoms with Gasteiger partial charge >= 0.3 is 5.51 Å². The summed E-state index contributed by atoms with van der Waals surface area (Å²) >= 11 is 0. The Kier molecular flexibility index (Phi) is 4.90. The highest BCUT2D eigenvalue weighted by Crippen LogP contribution is 2.42. The van der Waals surface area contributed by atoms with Gasteiger partial charge < -0.3 is 9.47 Å². The molecule has 0 aromatic carbocycles. The lowest BCUT2D eigenvalue weighted by atomic mass is 9.77. The highest BCUT2D eigenvalue weighted by atomic mass is 32.2. The van der Waals surface area contributed by atoms with E-state index in [2.05, 4.69) is 0 Å². The monoisotopic (exact) mass is 330 g/mol. The SMILES string of the molecule is CCC(CS(=O)(=O)C(F)(F)F)C1CCC2(CC1)OCCO2. The van der Waals surface area contributed by atoms with Gasteiger partial charge in [-0.2, -0.15) is 13.2 Å². The van der Waals surface area contributed by atoms with Gasteiger partial charge in [0.05, 0.1) is 19.0 Å². The third-order valence-corrected chi connectivity index (χ3v) is 6.16. The average molecular weight is 330 g/mol. The van der Waals surface area contributed by atoms with E-state index >= 15 is 0 Å². The molecular weight excluding hydrogens is 309 g/mol. The van der Waals surface area contributed by atoms with Crippen LogP contribution in [0.3, 0.4) is 0 Å². The lowest BCUT2D eigenvalue weighted by molar-refractivity contribution is -0.184. The minimum atomic E-state index is -5.16. The summed E-state index contributed by atoms with van der Waals surface area (Å²) < 4.78 is 71.4. The largest absolute Gasteiger partial charge is 0.497 e. The van der Waals surface area contributed by atoms with Crippen LogP contribution in [0.15, 0.2) is 0 Å². The summed E-state index contributed by atoms with van der Waals surface area (Å²) in [6.45, 7) is 2.83. The molecule has 1 saturated heterocycles. The van der Waals surface area contributed by atoms with E-state index in [1.165, 1.54) is 0 Å². The Morgan fingerprint density at radius 1 is 1.19 bits per heavy atom. The summed E-state index contributed by atoms with van der Waals surface area (Å²) in [5.74, 6) is -1.87. The number of halogens is 3. The first-order chi connectivity index (χ1) is 9.69. The Bertz CT molecular complexity index is 445. The maximum atomic E-state index is 12.5. The molecule has 1 atom stereocenters. The molecule has 2 fully saturated rings. The zero-order chi connectivity index (χ0) is 15.7. The van der Waals surface area contributed by atoms with Gasteiger partial charge in [0.25, 0.3) is 0 Å². The molecule has 1 unspecified atom stereocenters. The molecule has 0 aromatic heterocycles. The fourth-order valence-electron chi connectivity index (χ4n) is 3.30. The van der Waals surface area contributed by atoms with Crippen LogP contribution < -0.4 is 0 Å². The molecule has 0 N–H and O–H groups in total. The first-order valence-electron chi connectivity index (χ1n) is 7.26. The van der Waals surface area contributed by atoms with Gasteiger partial charge in [0, 0.05) is 12.8 Å². The molecule has 2 rings (SSSR count). The highest BCUT2D eigenvalue weighted by Gasteiger charge is 2.48. The fraction of sp³-hybridized carbons (Fsp3) is 1.00. The lowest BCUT2D eigenvalue weighted by Crippen LogP contribution is -2.39. The maximum absolute atomic E-state index is 12.5. The van der Waals surface area contributed by atoms with Crippen molar-refractivity contribution < 1.29 is 31.1 Å². The number of ether oxygens (including phenoxy) is 2. The maximum Gasteiger partial charge on any atom is 0.497 e. The molecular formula is C13H21F3O4S. The molecule has 8 heteroatoms. The molecule has 1 aliphatic carbocycles. The van der Waals surface area contributed by atoms with Crippen molar-refractivity contribution in [2.45, 2.75) is 50.3 Å². The Morgan fingerprint density at radius 3 is 2.14 bits per heavy atom. The second-order valence-electron chi connectivity index (χ2n) is 5.84. The van der Waals surface area contributed by atoms with Crippen LogP contribution in [0.4, 0.5) is 13.2 Å². The second kappa shape index (κ2) is 6.04. The van der Waals surface area contributed by atoms with Crippen molar-refractivity contribution in [1.29, 1.82) is 0 Å². The van der Waals surface area contributed by atoms with E-state index in [1.807, 2.05) is 0 Å². The van der Waals surface area contributed by atoms with Gasteiger partial charge in [-0.3, -0.25) is 0 Å². The van der Waals surface area contributed by atoms with E-state index in [4.69, 9.17) is 9.47 Å². The van der Waals surface area contributed by atoms with Gasteiger partial charge in [-0.25, -0.2) is 8.42 Å². The number of hydrogen-bond acceptors (Lipinski definition) is 4. The summed E-state index contributed by atoms with van der Waals surface area (Å²) in [4.78, 5) is 0. The third kappa shape index (κ3) is 3.71. The van der Waals surface area contributed by atoms with E-state index in [9.17, 15) is 21.6 Å². The minimum Gasteiger partial charge on any atom is -0.348 e. The Morgan fingerprint density at radius 2 is 1.71 bits per heavy atom. The van der Waals surface area contributed by atoms with E-state index in [0.29, 0.717) is 45.3 Å². The van der Waals surface area contributed by atoms with Crippen LogP contribution in [0.1, 0.15) is 39.0 Å².